The van der Waals surface area contributed by atoms with Gasteiger partial charge in [0.1, 0.15) is 6.42 Å². The van der Waals surface area contributed by atoms with Gasteiger partial charge in [0.15, 0.2) is 11.6 Å². The average Bonchev–Trinajstić information content (AvgIpc) is 2.98. The van der Waals surface area contributed by atoms with Gasteiger partial charge in [-0.25, -0.2) is 9.97 Å². The summed E-state index contributed by atoms with van der Waals surface area (Å²) < 4.78 is 37.1. The summed E-state index contributed by atoms with van der Waals surface area (Å²) in [6.07, 6.45) is -4.14. The summed E-state index contributed by atoms with van der Waals surface area (Å²) in [4.78, 5) is 22.3. The van der Waals surface area contributed by atoms with Crippen LogP contribution in [0.1, 0.15) is 19.3 Å². The van der Waals surface area contributed by atoms with E-state index in [1.165, 1.54) is 0 Å². The number of nitrogens with zero attached hydrogens (tertiary/aromatic N) is 3. The Bertz CT molecular complexity index is 726. The normalized spacial score (nSPS) is 15.2. The molecule has 8 heteroatoms. The number of aromatic nitrogens is 2. The number of halogens is 3. The molecular formula is C15H15F3N4O. The van der Waals surface area contributed by atoms with Crippen LogP contribution in [0.5, 0.6) is 0 Å². The highest BCUT2D eigenvalue weighted by atomic mass is 19.4. The first-order chi connectivity index (χ1) is 10.9. The van der Waals surface area contributed by atoms with Crippen molar-refractivity contribution in [3.63, 3.8) is 0 Å². The van der Waals surface area contributed by atoms with Gasteiger partial charge in [-0.1, -0.05) is 12.1 Å². The van der Waals surface area contributed by atoms with E-state index in [-0.39, 0.29) is 5.82 Å². The highest BCUT2D eigenvalue weighted by Crippen LogP contribution is 2.28. The number of amides is 1. The third kappa shape index (κ3) is 3.69. The molecule has 122 valence electrons. The highest BCUT2D eigenvalue weighted by Gasteiger charge is 2.32. The van der Waals surface area contributed by atoms with Crippen LogP contribution in [0.15, 0.2) is 24.3 Å². The van der Waals surface area contributed by atoms with E-state index in [9.17, 15) is 18.0 Å². The number of para-hydroxylation sites is 2. The number of nitrogens with one attached hydrogen (secondary N) is 1. The zero-order chi connectivity index (χ0) is 16.4. The molecule has 23 heavy (non-hydrogen) atoms. The van der Waals surface area contributed by atoms with Crippen LogP contribution in [0, 0.1) is 0 Å². The molecule has 1 aliphatic rings. The van der Waals surface area contributed by atoms with Crippen LogP contribution in [0.2, 0.25) is 0 Å². The van der Waals surface area contributed by atoms with Gasteiger partial charge in [-0.2, -0.15) is 13.2 Å². The zero-order valence-corrected chi connectivity index (χ0v) is 12.2. The van der Waals surface area contributed by atoms with Gasteiger partial charge in [0.25, 0.3) is 0 Å². The summed E-state index contributed by atoms with van der Waals surface area (Å²) in [5, 5.41) is 2.26. The molecule has 2 aromatic rings. The summed E-state index contributed by atoms with van der Waals surface area (Å²) in [7, 11) is 0. The molecule has 1 fully saturated rings. The number of benzene rings is 1. The maximum atomic E-state index is 12.4. The smallest absolute Gasteiger partial charge is 0.354 e. The minimum atomic E-state index is -4.55. The summed E-state index contributed by atoms with van der Waals surface area (Å²) in [6.45, 7) is 1.49. The van der Waals surface area contributed by atoms with Crippen molar-refractivity contribution in [1.82, 2.24) is 9.97 Å². The molecule has 1 saturated heterocycles. The van der Waals surface area contributed by atoms with Crippen LogP contribution in [-0.2, 0) is 4.79 Å². The number of fused-ring (bicyclic) bond motifs is 1. The number of hydrogen-bond donors (Lipinski definition) is 1. The lowest BCUT2D eigenvalue weighted by molar-refractivity contribution is -0.150. The summed E-state index contributed by atoms with van der Waals surface area (Å²) in [5.74, 6) is -0.626. The Balaban J connectivity index is 1.95. The van der Waals surface area contributed by atoms with Gasteiger partial charge in [0, 0.05) is 13.1 Å². The fraction of sp³-hybridized carbons (Fsp3) is 0.400. The molecular weight excluding hydrogens is 309 g/mol. The molecule has 3 rings (SSSR count). The second-order valence-corrected chi connectivity index (χ2v) is 5.42. The standard InChI is InChI=1S/C15H15F3N4O/c16-15(17,18)9-12(23)21-13-14(22-7-3-4-8-22)20-11-6-2-1-5-10(11)19-13/h1-2,5-6H,3-4,7-9H2,(H,19,21,23). The Hall–Kier alpha value is -2.38. The minimum absolute atomic E-state index is 0.0832. The van der Waals surface area contributed by atoms with Gasteiger partial charge in [-0.15, -0.1) is 0 Å². The van der Waals surface area contributed by atoms with Gasteiger partial charge >= 0.3 is 6.18 Å². The van der Waals surface area contributed by atoms with Crippen LogP contribution < -0.4 is 10.2 Å². The number of hydrogen-bond acceptors (Lipinski definition) is 4. The number of anilines is 2. The number of carbonyl (C=O) groups is 1. The zero-order valence-electron chi connectivity index (χ0n) is 12.2. The van der Waals surface area contributed by atoms with E-state index in [1.54, 1.807) is 18.2 Å². The second kappa shape index (κ2) is 6.02. The van der Waals surface area contributed by atoms with E-state index in [2.05, 4.69) is 15.3 Å². The highest BCUT2D eigenvalue weighted by molar-refractivity contribution is 5.94. The lowest BCUT2D eigenvalue weighted by Crippen LogP contribution is -2.25. The van der Waals surface area contributed by atoms with Crippen LogP contribution in [0.3, 0.4) is 0 Å². The van der Waals surface area contributed by atoms with Crippen LogP contribution in [-0.4, -0.2) is 35.1 Å². The Morgan fingerprint density at radius 2 is 1.74 bits per heavy atom. The molecule has 0 bridgehead atoms. The van der Waals surface area contributed by atoms with Crippen LogP contribution >= 0.6 is 0 Å². The molecule has 1 N–H and O–H groups in total. The predicted octanol–water partition coefficient (Wildman–Crippen LogP) is 3.12. The maximum Gasteiger partial charge on any atom is 0.397 e. The van der Waals surface area contributed by atoms with Crippen molar-refractivity contribution in [3.05, 3.63) is 24.3 Å². The van der Waals surface area contributed by atoms with Gasteiger partial charge in [-0.05, 0) is 25.0 Å². The topological polar surface area (TPSA) is 58.1 Å². The lowest BCUT2D eigenvalue weighted by atomic mass is 10.3. The average molecular weight is 324 g/mol. The Morgan fingerprint density at radius 1 is 1.13 bits per heavy atom. The minimum Gasteiger partial charge on any atom is -0.354 e. The Kier molecular flexibility index (Phi) is 4.06. The van der Waals surface area contributed by atoms with Crippen molar-refractivity contribution in [2.24, 2.45) is 0 Å². The van der Waals surface area contributed by atoms with Gasteiger partial charge in [-0.3, -0.25) is 4.79 Å². The first-order valence-corrected chi connectivity index (χ1v) is 7.31. The number of alkyl halides is 3. The number of carbonyl (C=O) groups excluding carboxylic acids is 1. The van der Waals surface area contributed by atoms with E-state index in [0.29, 0.717) is 16.9 Å². The molecule has 1 aliphatic heterocycles. The molecule has 0 aliphatic carbocycles. The summed E-state index contributed by atoms with van der Waals surface area (Å²) in [6, 6.07) is 7.05. The molecule has 1 aromatic carbocycles. The van der Waals surface area contributed by atoms with Crippen molar-refractivity contribution >= 4 is 28.6 Å². The number of rotatable bonds is 3. The van der Waals surface area contributed by atoms with Crippen molar-refractivity contribution in [2.75, 3.05) is 23.3 Å². The van der Waals surface area contributed by atoms with Crippen LogP contribution in [0.4, 0.5) is 24.8 Å². The first kappa shape index (κ1) is 15.5. The molecule has 0 unspecified atom stereocenters. The summed E-state index contributed by atoms with van der Waals surface area (Å²) in [5.41, 5.74) is 1.17. The molecule has 0 saturated carbocycles. The van der Waals surface area contributed by atoms with Crippen LogP contribution in [0.25, 0.3) is 11.0 Å². The fourth-order valence-corrected chi connectivity index (χ4v) is 2.58. The van der Waals surface area contributed by atoms with E-state index in [4.69, 9.17) is 0 Å². The third-order valence-electron chi connectivity index (χ3n) is 3.58. The van der Waals surface area contributed by atoms with Crippen molar-refractivity contribution in [1.29, 1.82) is 0 Å². The van der Waals surface area contributed by atoms with E-state index < -0.39 is 18.5 Å². The monoisotopic (exact) mass is 324 g/mol. The van der Waals surface area contributed by atoms with E-state index >= 15 is 0 Å². The SMILES string of the molecule is O=C(CC(F)(F)F)Nc1nc2ccccc2nc1N1CCCC1. The second-order valence-electron chi connectivity index (χ2n) is 5.42. The Morgan fingerprint density at radius 3 is 2.35 bits per heavy atom. The van der Waals surface area contributed by atoms with Crippen molar-refractivity contribution in [3.8, 4) is 0 Å². The molecule has 1 amide bonds. The first-order valence-electron chi connectivity index (χ1n) is 7.31. The quantitative estimate of drug-likeness (QED) is 0.942. The fourth-order valence-electron chi connectivity index (χ4n) is 2.58. The largest absolute Gasteiger partial charge is 0.397 e. The lowest BCUT2D eigenvalue weighted by Gasteiger charge is -2.20. The molecule has 0 spiro atoms. The van der Waals surface area contributed by atoms with Crippen molar-refractivity contribution in [2.45, 2.75) is 25.4 Å². The van der Waals surface area contributed by atoms with Gasteiger partial charge in [0.05, 0.1) is 11.0 Å². The molecule has 1 aromatic heterocycles. The van der Waals surface area contributed by atoms with Gasteiger partial charge in [0.2, 0.25) is 5.91 Å². The molecule has 0 radical (unpaired) electrons. The van der Waals surface area contributed by atoms with E-state index in [0.717, 1.165) is 25.9 Å². The maximum absolute atomic E-state index is 12.4. The predicted molar refractivity (Wildman–Crippen MR) is 80.3 cm³/mol. The summed E-state index contributed by atoms with van der Waals surface area (Å²) >= 11 is 0. The van der Waals surface area contributed by atoms with Gasteiger partial charge < -0.3 is 10.2 Å². The molecule has 5 nitrogen and oxygen atoms in total. The molecule has 0 atom stereocenters. The van der Waals surface area contributed by atoms with E-state index in [1.807, 2.05) is 11.0 Å². The third-order valence-corrected chi connectivity index (χ3v) is 3.58. The Labute approximate surface area is 130 Å². The molecule has 2 heterocycles. The van der Waals surface area contributed by atoms with Crippen molar-refractivity contribution < 1.29 is 18.0 Å².